The third-order valence-electron chi connectivity index (χ3n) is 2.34. The Morgan fingerprint density at radius 1 is 1.44 bits per heavy atom. The molecule has 0 aromatic heterocycles. The van der Waals surface area contributed by atoms with E-state index in [1.165, 1.54) is 18.2 Å². The smallest absolute Gasteiger partial charge is 0.308 e. The summed E-state index contributed by atoms with van der Waals surface area (Å²) in [5.41, 5.74) is 0.161. The van der Waals surface area contributed by atoms with Crippen LogP contribution in [-0.4, -0.2) is 34.0 Å². The number of hydrogen-bond acceptors (Lipinski definition) is 5. The average molecular weight is 275 g/mol. The summed E-state index contributed by atoms with van der Waals surface area (Å²) in [4.78, 5) is 11.2. The molecule has 0 aliphatic heterocycles. The standard InChI is InChI=1S/C12H15ClO5/c1-2-18-11(16)6-10(15)12(17)8-5-7(14)3-4-9(8)13/h3-5,10,12,14-15,17H,2,6H2,1H3. The highest BCUT2D eigenvalue weighted by Gasteiger charge is 2.24. The van der Waals surface area contributed by atoms with E-state index in [4.69, 9.17) is 11.6 Å². The summed E-state index contributed by atoms with van der Waals surface area (Å²) < 4.78 is 4.66. The van der Waals surface area contributed by atoms with Gasteiger partial charge in [-0.2, -0.15) is 0 Å². The summed E-state index contributed by atoms with van der Waals surface area (Å²) in [7, 11) is 0. The second-order valence-corrected chi connectivity index (χ2v) is 4.13. The molecule has 2 unspecified atom stereocenters. The number of aliphatic hydroxyl groups is 2. The van der Waals surface area contributed by atoms with Crippen molar-refractivity contribution >= 4 is 17.6 Å². The van der Waals surface area contributed by atoms with Crippen LogP contribution in [0.25, 0.3) is 0 Å². The van der Waals surface area contributed by atoms with Gasteiger partial charge in [0.1, 0.15) is 11.9 Å². The van der Waals surface area contributed by atoms with Crippen LogP contribution in [0.1, 0.15) is 25.0 Å². The van der Waals surface area contributed by atoms with E-state index < -0.39 is 18.2 Å². The van der Waals surface area contributed by atoms with Crippen molar-refractivity contribution in [3.8, 4) is 5.75 Å². The highest BCUT2D eigenvalue weighted by Crippen LogP contribution is 2.29. The fourth-order valence-electron chi connectivity index (χ4n) is 1.47. The van der Waals surface area contributed by atoms with Crippen LogP contribution in [0.2, 0.25) is 5.02 Å². The van der Waals surface area contributed by atoms with Gasteiger partial charge in [-0.3, -0.25) is 4.79 Å². The van der Waals surface area contributed by atoms with Crippen LogP contribution in [-0.2, 0) is 9.53 Å². The number of halogens is 1. The first kappa shape index (κ1) is 14.8. The molecular formula is C12H15ClO5. The summed E-state index contributed by atoms with van der Waals surface area (Å²) in [6, 6.07) is 3.99. The van der Waals surface area contributed by atoms with E-state index in [-0.39, 0.29) is 29.4 Å². The van der Waals surface area contributed by atoms with E-state index in [1.54, 1.807) is 6.92 Å². The molecule has 1 rings (SSSR count). The van der Waals surface area contributed by atoms with Crippen molar-refractivity contribution in [1.82, 2.24) is 0 Å². The van der Waals surface area contributed by atoms with Crippen molar-refractivity contribution in [3.63, 3.8) is 0 Å². The largest absolute Gasteiger partial charge is 0.508 e. The van der Waals surface area contributed by atoms with Gasteiger partial charge < -0.3 is 20.1 Å². The van der Waals surface area contributed by atoms with Gasteiger partial charge in [-0.15, -0.1) is 0 Å². The highest BCUT2D eigenvalue weighted by atomic mass is 35.5. The maximum Gasteiger partial charge on any atom is 0.308 e. The van der Waals surface area contributed by atoms with Crippen molar-refractivity contribution in [2.24, 2.45) is 0 Å². The number of rotatable bonds is 5. The Bertz CT molecular complexity index is 421. The van der Waals surface area contributed by atoms with Crippen LogP contribution in [0.3, 0.4) is 0 Å². The predicted molar refractivity (Wildman–Crippen MR) is 65.3 cm³/mol. The van der Waals surface area contributed by atoms with Crippen LogP contribution in [0, 0.1) is 0 Å². The summed E-state index contributed by atoms with van der Waals surface area (Å²) in [6.45, 7) is 1.85. The monoisotopic (exact) mass is 274 g/mol. The van der Waals surface area contributed by atoms with Gasteiger partial charge in [0.15, 0.2) is 0 Å². The first-order valence-corrected chi connectivity index (χ1v) is 5.83. The van der Waals surface area contributed by atoms with Crippen LogP contribution in [0.4, 0.5) is 0 Å². The Kier molecular flexibility index (Phi) is 5.40. The molecule has 2 atom stereocenters. The summed E-state index contributed by atoms with van der Waals surface area (Å²) in [5.74, 6) is -0.697. The number of ether oxygens (including phenoxy) is 1. The molecule has 0 amide bonds. The molecule has 0 saturated heterocycles. The molecule has 5 nitrogen and oxygen atoms in total. The number of carbonyl (C=O) groups excluding carboxylic acids is 1. The maximum atomic E-state index is 11.2. The van der Waals surface area contributed by atoms with E-state index in [0.717, 1.165) is 0 Å². The zero-order valence-corrected chi connectivity index (χ0v) is 10.6. The fourth-order valence-corrected chi connectivity index (χ4v) is 1.70. The number of aromatic hydroxyl groups is 1. The van der Waals surface area contributed by atoms with E-state index in [0.29, 0.717) is 0 Å². The fraction of sp³-hybridized carbons (Fsp3) is 0.417. The molecule has 0 radical (unpaired) electrons. The first-order valence-electron chi connectivity index (χ1n) is 5.45. The van der Waals surface area contributed by atoms with Gasteiger partial charge in [0.2, 0.25) is 0 Å². The molecule has 0 heterocycles. The second kappa shape index (κ2) is 6.58. The Hall–Kier alpha value is -1.30. The van der Waals surface area contributed by atoms with Crippen molar-refractivity contribution in [1.29, 1.82) is 0 Å². The molecule has 0 fully saturated rings. The van der Waals surface area contributed by atoms with E-state index >= 15 is 0 Å². The average Bonchev–Trinajstić information content (AvgIpc) is 2.31. The van der Waals surface area contributed by atoms with Crippen molar-refractivity contribution < 1.29 is 24.9 Å². The second-order valence-electron chi connectivity index (χ2n) is 3.73. The molecule has 1 aromatic rings. The molecule has 3 N–H and O–H groups in total. The molecular weight excluding hydrogens is 260 g/mol. The number of phenols is 1. The minimum Gasteiger partial charge on any atom is -0.508 e. The number of carbonyl (C=O) groups is 1. The number of hydrogen-bond donors (Lipinski definition) is 3. The Morgan fingerprint density at radius 2 is 2.11 bits per heavy atom. The van der Waals surface area contributed by atoms with Crippen LogP contribution >= 0.6 is 11.6 Å². The molecule has 0 bridgehead atoms. The lowest BCUT2D eigenvalue weighted by Gasteiger charge is -2.18. The quantitative estimate of drug-likeness (QED) is 0.707. The van der Waals surface area contributed by atoms with Gasteiger partial charge in [-0.25, -0.2) is 0 Å². The minimum absolute atomic E-state index is 0.0863. The number of benzene rings is 1. The zero-order chi connectivity index (χ0) is 13.7. The normalized spacial score (nSPS) is 14.0. The first-order chi connectivity index (χ1) is 8.45. The predicted octanol–water partition coefficient (Wildman–Crippen LogP) is 1.39. The molecule has 0 saturated carbocycles. The van der Waals surface area contributed by atoms with E-state index in [2.05, 4.69) is 4.74 Å². The Balaban J connectivity index is 2.76. The third kappa shape index (κ3) is 3.87. The lowest BCUT2D eigenvalue weighted by Crippen LogP contribution is -2.23. The van der Waals surface area contributed by atoms with Gasteiger partial charge in [-0.1, -0.05) is 11.6 Å². The molecule has 1 aromatic carbocycles. The Morgan fingerprint density at radius 3 is 2.72 bits per heavy atom. The molecule has 6 heteroatoms. The van der Waals surface area contributed by atoms with Gasteiger partial charge in [0.05, 0.1) is 19.1 Å². The number of phenolic OH excluding ortho intramolecular Hbond substituents is 1. The van der Waals surface area contributed by atoms with Gasteiger partial charge in [0.25, 0.3) is 0 Å². The van der Waals surface area contributed by atoms with Gasteiger partial charge in [0, 0.05) is 10.6 Å². The molecule has 100 valence electrons. The minimum atomic E-state index is -1.37. The summed E-state index contributed by atoms with van der Waals surface area (Å²) in [6.07, 6.45) is -3.06. The van der Waals surface area contributed by atoms with E-state index in [9.17, 15) is 20.1 Å². The molecule has 18 heavy (non-hydrogen) atoms. The lowest BCUT2D eigenvalue weighted by molar-refractivity contribution is -0.147. The zero-order valence-electron chi connectivity index (χ0n) is 9.84. The summed E-state index contributed by atoms with van der Waals surface area (Å²) in [5, 5.41) is 29.0. The Labute approximate surface area is 110 Å². The summed E-state index contributed by atoms with van der Waals surface area (Å²) >= 11 is 5.83. The number of esters is 1. The van der Waals surface area contributed by atoms with Crippen LogP contribution in [0.15, 0.2) is 18.2 Å². The van der Waals surface area contributed by atoms with Gasteiger partial charge in [-0.05, 0) is 25.1 Å². The SMILES string of the molecule is CCOC(=O)CC(O)C(O)c1cc(O)ccc1Cl. The third-order valence-corrected chi connectivity index (χ3v) is 2.69. The van der Waals surface area contributed by atoms with Crippen LogP contribution in [0.5, 0.6) is 5.75 Å². The van der Waals surface area contributed by atoms with Crippen LogP contribution < -0.4 is 0 Å². The van der Waals surface area contributed by atoms with Crippen molar-refractivity contribution in [2.75, 3.05) is 6.61 Å². The van der Waals surface area contributed by atoms with Gasteiger partial charge >= 0.3 is 5.97 Å². The maximum absolute atomic E-state index is 11.2. The van der Waals surface area contributed by atoms with Crippen molar-refractivity contribution in [2.45, 2.75) is 25.6 Å². The topological polar surface area (TPSA) is 87.0 Å². The highest BCUT2D eigenvalue weighted by molar-refractivity contribution is 6.31. The molecule has 0 spiro atoms. The number of aliphatic hydroxyl groups excluding tert-OH is 2. The van der Waals surface area contributed by atoms with E-state index in [1.807, 2.05) is 0 Å². The molecule has 0 aliphatic rings. The van der Waals surface area contributed by atoms with Crippen molar-refractivity contribution in [3.05, 3.63) is 28.8 Å². The lowest BCUT2D eigenvalue weighted by atomic mass is 10.0. The molecule has 0 aliphatic carbocycles.